The van der Waals surface area contributed by atoms with Crippen LogP contribution in [0.1, 0.15) is 28.9 Å². The molecule has 0 radical (unpaired) electrons. The predicted octanol–water partition coefficient (Wildman–Crippen LogP) is 3.40. The molecule has 2 amide bonds. The van der Waals surface area contributed by atoms with Crippen LogP contribution in [0.5, 0.6) is 0 Å². The molecule has 0 spiro atoms. The quantitative estimate of drug-likeness (QED) is 0.734. The second kappa shape index (κ2) is 7.76. The molecule has 0 aliphatic heterocycles. The molecule has 2 aromatic rings. The number of urea groups is 1. The van der Waals surface area contributed by atoms with Gasteiger partial charge in [-0.25, -0.2) is 4.79 Å². The van der Waals surface area contributed by atoms with Gasteiger partial charge in [0.15, 0.2) is 5.78 Å². The lowest BCUT2D eigenvalue weighted by atomic mass is 10.1. The van der Waals surface area contributed by atoms with E-state index in [1.807, 2.05) is 0 Å². The maximum absolute atomic E-state index is 12.1. The van der Waals surface area contributed by atoms with E-state index in [1.165, 1.54) is 6.92 Å². The number of rotatable bonds is 5. The monoisotopic (exact) mass is 332 g/mol. The first-order chi connectivity index (χ1) is 11.0. The van der Waals surface area contributed by atoms with Crippen molar-refractivity contribution in [2.24, 2.45) is 0 Å². The molecule has 0 saturated heterocycles. The van der Waals surface area contributed by atoms with Crippen LogP contribution in [-0.2, 0) is 0 Å². The van der Waals surface area contributed by atoms with Gasteiger partial charge in [0.1, 0.15) is 0 Å². The lowest BCUT2D eigenvalue weighted by molar-refractivity contribution is 0.101. The molecule has 0 aromatic heterocycles. The number of carbonyl (C=O) groups is 2. The van der Waals surface area contributed by atoms with Gasteiger partial charge >= 0.3 is 6.03 Å². The summed E-state index contributed by atoms with van der Waals surface area (Å²) in [7, 11) is 0. The number of ketones is 1. The second-order valence-electron chi connectivity index (χ2n) is 5.02. The number of benzene rings is 2. The Balaban J connectivity index is 2.04. The molecule has 5 nitrogen and oxygen atoms in total. The summed E-state index contributed by atoms with van der Waals surface area (Å²) >= 11 is 5.82. The summed E-state index contributed by atoms with van der Waals surface area (Å²) in [6, 6.07) is 12.5. The molecule has 120 valence electrons. The minimum Gasteiger partial charge on any atom is -0.394 e. The summed E-state index contributed by atoms with van der Waals surface area (Å²) in [5, 5.41) is 15.4. The largest absolute Gasteiger partial charge is 0.394 e. The van der Waals surface area contributed by atoms with E-state index in [1.54, 1.807) is 48.5 Å². The van der Waals surface area contributed by atoms with E-state index in [-0.39, 0.29) is 12.4 Å². The van der Waals surface area contributed by atoms with Gasteiger partial charge in [0, 0.05) is 16.3 Å². The highest BCUT2D eigenvalue weighted by Gasteiger charge is 2.14. The topological polar surface area (TPSA) is 78.4 Å². The molecule has 0 aliphatic rings. The molecule has 2 rings (SSSR count). The lowest BCUT2D eigenvalue weighted by Gasteiger charge is -2.17. The molecule has 2 aromatic carbocycles. The maximum Gasteiger partial charge on any atom is 0.319 e. The number of amides is 2. The van der Waals surface area contributed by atoms with Gasteiger partial charge in [0.05, 0.1) is 12.6 Å². The fourth-order valence-corrected chi connectivity index (χ4v) is 2.20. The van der Waals surface area contributed by atoms with Crippen LogP contribution in [0, 0.1) is 0 Å². The third kappa shape index (κ3) is 4.81. The zero-order valence-electron chi connectivity index (χ0n) is 12.5. The van der Waals surface area contributed by atoms with Crippen LogP contribution >= 0.6 is 11.6 Å². The van der Waals surface area contributed by atoms with Gasteiger partial charge in [0.25, 0.3) is 0 Å². The van der Waals surface area contributed by atoms with Crippen LogP contribution in [-0.4, -0.2) is 23.5 Å². The van der Waals surface area contributed by atoms with Crippen molar-refractivity contribution >= 4 is 29.1 Å². The fraction of sp³-hybridized carbons (Fsp3) is 0.176. The number of aliphatic hydroxyl groups is 1. The van der Waals surface area contributed by atoms with Crippen LogP contribution in [0.4, 0.5) is 10.5 Å². The zero-order valence-corrected chi connectivity index (χ0v) is 13.3. The molecule has 3 N–H and O–H groups in total. The van der Waals surface area contributed by atoms with Gasteiger partial charge in [-0.05, 0) is 36.8 Å². The molecule has 1 unspecified atom stereocenters. The van der Waals surface area contributed by atoms with E-state index >= 15 is 0 Å². The summed E-state index contributed by atoms with van der Waals surface area (Å²) in [5.41, 5.74) is 1.76. The van der Waals surface area contributed by atoms with Crippen molar-refractivity contribution in [1.82, 2.24) is 5.32 Å². The second-order valence-corrected chi connectivity index (χ2v) is 5.46. The average molecular weight is 333 g/mol. The van der Waals surface area contributed by atoms with E-state index in [4.69, 9.17) is 11.6 Å². The summed E-state index contributed by atoms with van der Waals surface area (Å²) in [6.45, 7) is 1.21. The fourth-order valence-electron chi connectivity index (χ4n) is 2.07. The minimum atomic E-state index is -0.553. The highest BCUT2D eigenvalue weighted by molar-refractivity contribution is 6.30. The van der Waals surface area contributed by atoms with Crippen LogP contribution in [0.2, 0.25) is 5.02 Å². The molecule has 0 bridgehead atoms. The number of nitrogens with one attached hydrogen (secondary N) is 2. The Morgan fingerprint density at radius 1 is 1.17 bits per heavy atom. The number of anilines is 1. The number of hydrogen-bond acceptors (Lipinski definition) is 3. The van der Waals surface area contributed by atoms with Crippen LogP contribution in [0.3, 0.4) is 0 Å². The van der Waals surface area contributed by atoms with Crippen LogP contribution in [0.15, 0.2) is 48.5 Å². The first-order valence-electron chi connectivity index (χ1n) is 7.04. The first-order valence-corrected chi connectivity index (χ1v) is 7.42. The van der Waals surface area contributed by atoms with E-state index in [9.17, 15) is 14.7 Å². The van der Waals surface area contributed by atoms with Crippen LogP contribution in [0.25, 0.3) is 0 Å². The van der Waals surface area contributed by atoms with Crippen molar-refractivity contribution in [2.75, 3.05) is 11.9 Å². The Labute approximate surface area is 139 Å². The number of aliphatic hydroxyl groups excluding tert-OH is 1. The number of carbonyl (C=O) groups excluding carboxylic acids is 2. The Hall–Kier alpha value is -2.37. The SMILES string of the molecule is CC(=O)c1cccc(NC(=O)NC(CO)c2ccc(Cl)cc2)c1. The zero-order chi connectivity index (χ0) is 16.8. The summed E-state index contributed by atoms with van der Waals surface area (Å²) in [5.74, 6) is -0.0801. The number of Topliss-reactive ketones (excluding diaryl/α,β-unsaturated/α-hetero) is 1. The average Bonchev–Trinajstić information content (AvgIpc) is 2.53. The van der Waals surface area contributed by atoms with Gasteiger partial charge in [-0.3, -0.25) is 4.79 Å². The number of halogens is 1. The van der Waals surface area contributed by atoms with Crippen molar-refractivity contribution in [3.8, 4) is 0 Å². The highest BCUT2D eigenvalue weighted by Crippen LogP contribution is 2.17. The van der Waals surface area contributed by atoms with Crippen molar-refractivity contribution in [3.05, 3.63) is 64.7 Å². The van der Waals surface area contributed by atoms with Crippen LogP contribution < -0.4 is 10.6 Å². The van der Waals surface area contributed by atoms with E-state index in [2.05, 4.69) is 10.6 Å². The third-order valence-electron chi connectivity index (χ3n) is 3.29. The van der Waals surface area contributed by atoms with E-state index in [0.717, 1.165) is 5.56 Å². The summed E-state index contributed by atoms with van der Waals surface area (Å²) < 4.78 is 0. The van der Waals surface area contributed by atoms with Crippen molar-refractivity contribution in [2.45, 2.75) is 13.0 Å². The Bertz CT molecular complexity index is 701. The maximum atomic E-state index is 12.1. The van der Waals surface area contributed by atoms with E-state index in [0.29, 0.717) is 16.3 Å². The molecule has 0 heterocycles. The molecule has 0 saturated carbocycles. The van der Waals surface area contributed by atoms with Gasteiger partial charge in [-0.15, -0.1) is 0 Å². The highest BCUT2D eigenvalue weighted by atomic mass is 35.5. The first kappa shape index (κ1) is 17.0. The Morgan fingerprint density at radius 2 is 1.87 bits per heavy atom. The molecule has 6 heteroatoms. The molecule has 0 fully saturated rings. The van der Waals surface area contributed by atoms with Gasteiger partial charge in [-0.2, -0.15) is 0 Å². The molecular weight excluding hydrogens is 316 g/mol. The smallest absolute Gasteiger partial charge is 0.319 e. The summed E-state index contributed by atoms with van der Waals surface area (Å²) in [4.78, 5) is 23.4. The Kier molecular flexibility index (Phi) is 5.73. The van der Waals surface area contributed by atoms with Crippen molar-refractivity contribution in [1.29, 1.82) is 0 Å². The van der Waals surface area contributed by atoms with Gasteiger partial charge in [0.2, 0.25) is 0 Å². The van der Waals surface area contributed by atoms with E-state index < -0.39 is 12.1 Å². The lowest BCUT2D eigenvalue weighted by Crippen LogP contribution is -2.34. The normalized spacial score (nSPS) is 11.6. The minimum absolute atomic E-state index is 0.0801. The van der Waals surface area contributed by atoms with Gasteiger partial charge < -0.3 is 15.7 Å². The number of hydrogen-bond donors (Lipinski definition) is 3. The Morgan fingerprint density at radius 3 is 2.48 bits per heavy atom. The molecular formula is C17H17ClN2O3. The molecule has 23 heavy (non-hydrogen) atoms. The molecule has 0 aliphatic carbocycles. The van der Waals surface area contributed by atoms with Gasteiger partial charge in [-0.1, -0.05) is 35.9 Å². The van der Waals surface area contributed by atoms with Crippen molar-refractivity contribution < 1.29 is 14.7 Å². The standard InChI is InChI=1S/C17H17ClN2O3/c1-11(22)13-3-2-4-15(9-13)19-17(23)20-16(10-21)12-5-7-14(18)8-6-12/h2-9,16,21H,10H2,1H3,(H2,19,20,23). The molecule has 1 atom stereocenters. The predicted molar refractivity (Wildman–Crippen MR) is 89.9 cm³/mol. The third-order valence-corrected chi connectivity index (χ3v) is 3.54. The van der Waals surface area contributed by atoms with Crippen molar-refractivity contribution in [3.63, 3.8) is 0 Å². The summed E-state index contributed by atoms with van der Waals surface area (Å²) in [6.07, 6.45) is 0.